The lowest BCUT2D eigenvalue weighted by atomic mass is 10.2. The fraction of sp³-hybridized carbons (Fsp3) is 0.500. The van der Waals surface area contributed by atoms with Crippen LogP contribution in [-0.2, 0) is 0 Å². The van der Waals surface area contributed by atoms with E-state index in [9.17, 15) is 0 Å². The van der Waals surface area contributed by atoms with Crippen LogP contribution in [0.15, 0.2) is 22.7 Å². The van der Waals surface area contributed by atoms with Gasteiger partial charge in [-0.1, -0.05) is 22.0 Å². The smallest absolute Gasteiger partial charge is 0.0351 e. The van der Waals surface area contributed by atoms with Crippen molar-refractivity contribution in [3.05, 3.63) is 28.2 Å². The van der Waals surface area contributed by atoms with Crippen molar-refractivity contribution in [3.63, 3.8) is 0 Å². The SMILES string of the molecule is Cc1ccc(NCCCN(C)C)cc1Br. The molecule has 0 saturated carbocycles. The maximum absolute atomic E-state index is 3.53. The highest BCUT2D eigenvalue weighted by molar-refractivity contribution is 9.10. The Labute approximate surface area is 101 Å². The number of nitrogens with one attached hydrogen (secondary N) is 1. The van der Waals surface area contributed by atoms with Gasteiger partial charge in [0.05, 0.1) is 0 Å². The summed E-state index contributed by atoms with van der Waals surface area (Å²) in [7, 11) is 4.20. The van der Waals surface area contributed by atoms with E-state index < -0.39 is 0 Å². The van der Waals surface area contributed by atoms with E-state index in [-0.39, 0.29) is 0 Å². The number of anilines is 1. The summed E-state index contributed by atoms with van der Waals surface area (Å²) >= 11 is 3.53. The first kappa shape index (κ1) is 12.5. The van der Waals surface area contributed by atoms with Crippen molar-refractivity contribution in [2.24, 2.45) is 0 Å². The van der Waals surface area contributed by atoms with Gasteiger partial charge in [-0.05, 0) is 51.7 Å². The predicted molar refractivity (Wildman–Crippen MR) is 70.5 cm³/mol. The first-order chi connectivity index (χ1) is 7.09. The van der Waals surface area contributed by atoms with E-state index in [0.717, 1.165) is 13.1 Å². The predicted octanol–water partition coefficient (Wildman–Crippen LogP) is 3.12. The number of benzene rings is 1. The number of aryl methyl sites for hydroxylation is 1. The number of rotatable bonds is 5. The van der Waals surface area contributed by atoms with Crippen LogP contribution in [0.1, 0.15) is 12.0 Å². The molecule has 0 aliphatic rings. The zero-order valence-electron chi connectivity index (χ0n) is 9.68. The summed E-state index contributed by atoms with van der Waals surface area (Å²) in [5, 5.41) is 3.41. The van der Waals surface area contributed by atoms with Crippen molar-refractivity contribution >= 4 is 21.6 Å². The first-order valence-electron chi connectivity index (χ1n) is 5.24. The molecule has 1 rings (SSSR count). The second kappa shape index (κ2) is 6.13. The Morgan fingerprint density at radius 1 is 1.33 bits per heavy atom. The van der Waals surface area contributed by atoms with Crippen molar-refractivity contribution in [1.29, 1.82) is 0 Å². The van der Waals surface area contributed by atoms with Crippen LogP contribution in [0.4, 0.5) is 5.69 Å². The van der Waals surface area contributed by atoms with Crippen molar-refractivity contribution < 1.29 is 0 Å². The monoisotopic (exact) mass is 270 g/mol. The second-order valence-electron chi connectivity index (χ2n) is 4.05. The Balaban J connectivity index is 2.35. The van der Waals surface area contributed by atoms with Gasteiger partial charge in [-0.2, -0.15) is 0 Å². The van der Waals surface area contributed by atoms with Crippen LogP contribution < -0.4 is 5.32 Å². The Kier molecular flexibility index (Phi) is 5.12. The molecular formula is C12H19BrN2. The number of halogens is 1. The van der Waals surface area contributed by atoms with Gasteiger partial charge < -0.3 is 10.2 Å². The molecule has 0 heterocycles. The van der Waals surface area contributed by atoms with Crippen LogP contribution in [-0.4, -0.2) is 32.1 Å². The molecule has 1 aromatic carbocycles. The maximum atomic E-state index is 3.53. The third-order valence-corrected chi connectivity index (χ3v) is 3.14. The summed E-state index contributed by atoms with van der Waals surface area (Å²) in [5.74, 6) is 0. The summed E-state index contributed by atoms with van der Waals surface area (Å²) in [6.07, 6.45) is 1.17. The molecule has 2 nitrogen and oxygen atoms in total. The normalized spacial score (nSPS) is 10.7. The molecule has 0 radical (unpaired) electrons. The van der Waals surface area contributed by atoms with Crippen LogP contribution in [0.3, 0.4) is 0 Å². The third kappa shape index (κ3) is 4.67. The Hall–Kier alpha value is -0.540. The number of hydrogen-bond acceptors (Lipinski definition) is 2. The highest BCUT2D eigenvalue weighted by Crippen LogP contribution is 2.20. The number of nitrogens with zero attached hydrogens (tertiary/aromatic N) is 1. The maximum Gasteiger partial charge on any atom is 0.0351 e. The van der Waals surface area contributed by atoms with Gasteiger partial charge in [0.1, 0.15) is 0 Å². The highest BCUT2D eigenvalue weighted by atomic mass is 79.9. The molecule has 3 heteroatoms. The standard InChI is InChI=1S/C12H19BrN2/c1-10-5-6-11(9-12(10)13)14-7-4-8-15(2)3/h5-6,9,14H,4,7-8H2,1-3H3. The number of hydrogen-bond donors (Lipinski definition) is 1. The lowest BCUT2D eigenvalue weighted by Gasteiger charge is -2.11. The van der Waals surface area contributed by atoms with Crippen LogP contribution in [0.25, 0.3) is 0 Å². The second-order valence-corrected chi connectivity index (χ2v) is 4.90. The van der Waals surface area contributed by atoms with Crippen molar-refractivity contribution in [2.75, 3.05) is 32.5 Å². The summed E-state index contributed by atoms with van der Waals surface area (Å²) in [6, 6.07) is 6.37. The largest absolute Gasteiger partial charge is 0.385 e. The van der Waals surface area contributed by atoms with Crippen molar-refractivity contribution in [1.82, 2.24) is 4.90 Å². The molecule has 1 N–H and O–H groups in total. The first-order valence-corrected chi connectivity index (χ1v) is 6.03. The van der Waals surface area contributed by atoms with E-state index in [4.69, 9.17) is 0 Å². The summed E-state index contributed by atoms with van der Waals surface area (Å²) in [6.45, 7) is 4.24. The van der Waals surface area contributed by atoms with E-state index in [1.54, 1.807) is 0 Å². The molecule has 0 amide bonds. The highest BCUT2D eigenvalue weighted by Gasteiger charge is 1.96. The van der Waals surface area contributed by atoms with Crippen LogP contribution >= 0.6 is 15.9 Å². The molecule has 0 aromatic heterocycles. The summed E-state index contributed by atoms with van der Waals surface area (Å²) in [4.78, 5) is 2.20. The molecule has 0 aliphatic heterocycles. The minimum absolute atomic E-state index is 1.02. The average molecular weight is 271 g/mol. The summed E-state index contributed by atoms with van der Waals surface area (Å²) in [5.41, 5.74) is 2.46. The van der Waals surface area contributed by atoms with Gasteiger partial charge in [0, 0.05) is 16.7 Å². The van der Waals surface area contributed by atoms with E-state index >= 15 is 0 Å². The molecule has 0 spiro atoms. The van der Waals surface area contributed by atoms with Crippen LogP contribution in [0.5, 0.6) is 0 Å². The minimum atomic E-state index is 1.02. The van der Waals surface area contributed by atoms with Gasteiger partial charge in [0.2, 0.25) is 0 Å². The Morgan fingerprint density at radius 2 is 2.07 bits per heavy atom. The minimum Gasteiger partial charge on any atom is -0.385 e. The fourth-order valence-corrected chi connectivity index (χ4v) is 1.71. The molecule has 0 bridgehead atoms. The molecule has 0 atom stereocenters. The average Bonchev–Trinajstić information content (AvgIpc) is 2.18. The van der Waals surface area contributed by atoms with Gasteiger partial charge in [0.15, 0.2) is 0 Å². The lowest BCUT2D eigenvalue weighted by molar-refractivity contribution is 0.405. The quantitative estimate of drug-likeness (QED) is 0.828. The summed E-state index contributed by atoms with van der Waals surface area (Å²) < 4.78 is 1.17. The molecule has 0 saturated heterocycles. The van der Waals surface area contributed by atoms with Crippen LogP contribution in [0.2, 0.25) is 0 Å². The zero-order valence-corrected chi connectivity index (χ0v) is 11.3. The molecule has 0 aliphatic carbocycles. The van der Waals surface area contributed by atoms with E-state index in [2.05, 4.69) is 65.4 Å². The van der Waals surface area contributed by atoms with Gasteiger partial charge in [-0.3, -0.25) is 0 Å². The topological polar surface area (TPSA) is 15.3 Å². The Morgan fingerprint density at radius 3 is 2.67 bits per heavy atom. The van der Waals surface area contributed by atoms with Gasteiger partial charge in [0.25, 0.3) is 0 Å². The Bertz CT molecular complexity index is 310. The fourth-order valence-electron chi connectivity index (χ4n) is 1.33. The molecule has 1 aromatic rings. The van der Waals surface area contributed by atoms with E-state index in [1.807, 2.05) is 0 Å². The molecular weight excluding hydrogens is 252 g/mol. The molecule has 15 heavy (non-hydrogen) atoms. The van der Waals surface area contributed by atoms with Gasteiger partial charge in [-0.15, -0.1) is 0 Å². The van der Waals surface area contributed by atoms with Gasteiger partial charge in [-0.25, -0.2) is 0 Å². The van der Waals surface area contributed by atoms with Crippen LogP contribution in [0, 0.1) is 6.92 Å². The third-order valence-electron chi connectivity index (χ3n) is 2.28. The lowest BCUT2D eigenvalue weighted by Crippen LogP contribution is -2.16. The van der Waals surface area contributed by atoms with Gasteiger partial charge >= 0.3 is 0 Å². The molecule has 84 valence electrons. The molecule has 0 unspecified atom stereocenters. The van der Waals surface area contributed by atoms with Crippen molar-refractivity contribution in [3.8, 4) is 0 Å². The molecule has 0 fully saturated rings. The van der Waals surface area contributed by atoms with E-state index in [0.29, 0.717) is 0 Å². The zero-order chi connectivity index (χ0) is 11.3. The van der Waals surface area contributed by atoms with E-state index in [1.165, 1.54) is 22.1 Å². The van der Waals surface area contributed by atoms with Crippen molar-refractivity contribution in [2.45, 2.75) is 13.3 Å².